The summed E-state index contributed by atoms with van der Waals surface area (Å²) >= 11 is 0. The van der Waals surface area contributed by atoms with Gasteiger partial charge in [0.25, 0.3) is 0 Å². The first-order valence-corrected chi connectivity index (χ1v) is 4.83. The molecule has 0 aliphatic heterocycles. The average molecular weight is 234 g/mol. The maximum atomic E-state index is 11.9. The maximum absolute atomic E-state index is 11.9. The summed E-state index contributed by atoms with van der Waals surface area (Å²) < 4.78 is 45.6. The van der Waals surface area contributed by atoms with Gasteiger partial charge in [0, 0.05) is 6.07 Å². The molecule has 0 heterocycles. The summed E-state index contributed by atoms with van der Waals surface area (Å²) in [5.41, 5.74) is 0. The molecule has 5 heteroatoms. The van der Waals surface area contributed by atoms with E-state index in [4.69, 9.17) is 4.74 Å². The van der Waals surface area contributed by atoms with Crippen molar-refractivity contribution in [3.05, 3.63) is 24.3 Å². The molecule has 16 heavy (non-hydrogen) atoms. The lowest BCUT2D eigenvalue weighted by atomic mass is 10.3. The van der Waals surface area contributed by atoms with Gasteiger partial charge in [-0.2, -0.15) is 13.2 Å². The Morgan fingerprint density at radius 2 is 1.81 bits per heavy atom. The number of ether oxygens (including phenoxy) is 2. The molecule has 0 radical (unpaired) electrons. The van der Waals surface area contributed by atoms with Crippen LogP contribution in [0.1, 0.15) is 13.8 Å². The largest absolute Gasteiger partial charge is 0.491 e. The topological polar surface area (TPSA) is 18.5 Å². The molecular weight excluding hydrogens is 221 g/mol. The smallest absolute Gasteiger partial charge is 0.422 e. The zero-order valence-corrected chi connectivity index (χ0v) is 9.04. The van der Waals surface area contributed by atoms with E-state index in [1.807, 2.05) is 13.8 Å². The number of rotatable bonds is 4. The van der Waals surface area contributed by atoms with Crippen LogP contribution in [0.3, 0.4) is 0 Å². The highest BCUT2D eigenvalue weighted by atomic mass is 19.4. The molecule has 0 spiro atoms. The molecule has 0 amide bonds. The molecule has 0 N–H and O–H groups in total. The molecule has 1 aromatic carbocycles. The highest BCUT2D eigenvalue weighted by Crippen LogP contribution is 2.23. The van der Waals surface area contributed by atoms with Gasteiger partial charge in [0.2, 0.25) is 0 Å². The van der Waals surface area contributed by atoms with Crippen LogP contribution in [-0.2, 0) is 0 Å². The van der Waals surface area contributed by atoms with Crippen LogP contribution < -0.4 is 9.47 Å². The molecule has 1 rings (SSSR count). The standard InChI is InChI=1S/C11H13F3O2/c1-8(2)16-10-5-3-4-9(6-10)15-7-11(12,13)14/h3-6,8H,7H2,1-2H3. The lowest BCUT2D eigenvalue weighted by Crippen LogP contribution is -2.19. The van der Waals surface area contributed by atoms with Crippen LogP contribution in [-0.4, -0.2) is 18.9 Å². The minimum Gasteiger partial charge on any atom is -0.491 e. The first-order valence-electron chi connectivity index (χ1n) is 4.83. The van der Waals surface area contributed by atoms with Crippen LogP contribution in [0.5, 0.6) is 11.5 Å². The SMILES string of the molecule is CC(C)Oc1cccc(OCC(F)(F)F)c1. The van der Waals surface area contributed by atoms with Crippen LogP contribution in [0, 0.1) is 0 Å². The molecule has 0 aliphatic carbocycles. The Bertz CT molecular complexity index is 334. The van der Waals surface area contributed by atoms with Crippen molar-refractivity contribution in [2.45, 2.75) is 26.1 Å². The molecule has 2 nitrogen and oxygen atoms in total. The van der Waals surface area contributed by atoms with Gasteiger partial charge in [0.15, 0.2) is 6.61 Å². The van der Waals surface area contributed by atoms with Gasteiger partial charge in [-0.05, 0) is 26.0 Å². The van der Waals surface area contributed by atoms with Crippen LogP contribution in [0.2, 0.25) is 0 Å². The zero-order chi connectivity index (χ0) is 12.2. The average Bonchev–Trinajstić information content (AvgIpc) is 2.13. The monoisotopic (exact) mass is 234 g/mol. The normalized spacial score (nSPS) is 11.6. The van der Waals surface area contributed by atoms with Gasteiger partial charge in [-0.1, -0.05) is 6.07 Å². The summed E-state index contributed by atoms with van der Waals surface area (Å²) in [6, 6.07) is 6.15. The fourth-order valence-corrected chi connectivity index (χ4v) is 1.07. The van der Waals surface area contributed by atoms with E-state index >= 15 is 0 Å². The fraction of sp³-hybridized carbons (Fsp3) is 0.455. The van der Waals surface area contributed by atoms with Crippen molar-refractivity contribution in [2.24, 2.45) is 0 Å². The van der Waals surface area contributed by atoms with Gasteiger partial charge in [-0.3, -0.25) is 0 Å². The second-order valence-corrected chi connectivity index (χ2v) is 3.55. The summed E-state index contributed by atoms with van der Waals surface area (Å²) in [6.07, 6.45) is -4.35. The van der Waals surface area contributed by atoms with Crippen molar-refractivity contribution in [3.63, 3.8) is 0 Å². The Balaban J connectivity index is 2.60. The van der Waals surface area contributed by atoms with Crippen molar-refractivity contribution in [2.75, 3.05) is 6.61 Å². The predicted molar refractivity (Wildman–Crippen MR) is 53.8 cm³/mol. The van der Waals surface area contributed by atoms with Crippen molar-refractivity contribution in [1.82, 2.24) is 0 Å². The number of hydrogen-bond donors (Lipinski definition) is 0. The van der Waals surface area contributed by atoms with Crippen LogP contribution in [0.25, 0.3) is 0 Å². The molecule has 0 saturated carbocycles. The van der Waals surface area contributed by atoms with E-state index in [9.17, 15) is 13.2 Å². The Labute approximate surface area is 92.0 Å². The van der Waals surface area contributed by atoms with E-state index < -0.39 is 12.8 Å². The second kappa shape index (κ2) is 5.09. The number of alkyl halides is 3. The Morgan fingerprint density at radius 1 is 1.19 bits per heavy atom. The molecule has 0 atom stereocenters. The Hall–Kier alpha value is -1.39. The predicted octanol–water partition coefficient (Wildman–Crippen LogP) is 3.41. The second-order valence-electron chi connectivity index (χ2n) is 3.55. The van der Waals surface area contributed by atoms with Crippen LogP contribution >= 0.6 is 0 Å². The molecule has 0 bridgehead atoms. The number of hydrogen-bond acceptors (Lipinski definition) is 2. The Kier molecular flexibility index (Phi) is 4.04. The summed E-state index contributed by atoms with van der Waals surface area (Å²) in [7, 11) is 0. The molecule has 0 aliphatic rings. The minimum atomic E-state index is -4.32. The lowest BCUT2D eigenvalue weighted by molar-refractivity contribution is -0.153. The van der Waals surface area contributed by atoms with E-state index in [0.29, 0.717) is 5.75 Å². The molecular formula is C11H13F3O2. The maximum Gasteiger partial charge on any atom is 0.422 e. The summed E-state index contributed by atoms with van der Waals surface area (Å²) in [5.74, 6) is 0.644. The van der Waals surface area contributed by atoms with Gasteiger partial charge >= 0.3 is 6.18 Å². The van der Waals surface area contributed by atoms with Crippen molar-refractivity contribution in [3.8, 4) is 11.5 Å². The van der Waals surface area contributed by atoms with Gasteiger partial charge in [0.1, 0.15) is 11.5 Å². The molecule has 0 aromatic heterocycles. The summed E-state index contributed by atoms with van der Waals surface area (Å²) in [5, 5.41) is 0. The van der Waals surface area contributed by atoms with E-state index in [1.165, 1.54) is 12.1 Å². The third-order valence-corrected chi connectivity index (χ3v) is 1.58. The first-order chi connectivity index (χ1) is 7.37. The summed E-state index contributed by atoms with van der Waals surface area (Å²) in [4.78, 5) is 0. The van der Waals surface area contributed by atoms with Gasteiger partial charge in [-0.15, -0.1) is 0 Å². The number of halogens is 3. The third-order valence-electron chi connectivity index (χ3n) is 1.58. The zero-order valence-electron chi connectivity index (χ0n) is 9.04. The molecule has 1 aromatic rings. The van der Waals surface area contributed by atoms with Gasteiger partial charge in [-0.25, -0.2) is 0 Å². The highest BCUT2D eigenvalue weighted by molar-refractivity contribution is 5.33. The minimum absolute atomic E-state index is 0.0298. The third kappa shape index (κ3) is 4.91. The van der Waals surface area contributed by atoms with E-state index in [2.05, 4.69) is 4.74 Å². The van der Waals surface area contributed by atoms with Crippen molar-refractivity contribution in [1.29, 1.82) is 0 Å². The number of benzene rings is 1. The van der Waals surface area contributed by atoms with Crippen LogP contribution in [0.15, 0.2) is 24.3 Å². The quantitative estimate of drug-likeness (QED) is 0.794. The first kappa shape index (κ1) is 12.7. The highest BCUT2D eigenvalue weighted by Gasteiger charge is 2.28. The Morgan fingerprint density at radius 3 is 2.38 bits per heavy atom. The molecule has 0 saturated heterocycles. The van der Waals surface area contributed by atoms with E-state index in [-0.39, 0.29) is 11.9 Å². The van der Waals surface area contributed by atoms with Crippen molar-refractivity contribution >= 4 is 0 Å². The van der Waals surface area contributed by atoms with Crippen molar-refractivity contribution < 1.29 is 22.6 Å². The summed E-state index contributed by atoms with van der Waals surface area (Å²) in [6.45, 7) is 2.38. The van der Waals surface area contributed by atoms with E-state index in [0.717, 1.165) is 0 Å². The molecule has 90 valence electrons. The molecule has 0 fully saturated rings. The lowest BCUT2D eigenvalue weighted by Gasteiger charge is -2.12. The van der Waals surface area contributed by atoms with Crippen LogP contribution in [0.4, 0.5) is 13.2 Å². The van der Waals surface area contributed by atoms with Gasteiger partial charge in [0.05, 0.1) is 6.10 Å². The fourth-order valence-electron chi connectivity index (χ4n) is 1.07. The van der Waals surface area contributed by atoms with E-state index in [1.54, 1.807) is 12.1 Å². The molecule has 0 unspecified atom stereocenters. The van der Waals surface area contributed by atoms with Gasteiger partial charge < -0.3 is 9.47 Å².